The van der Waals surface area contributed by atoms with Crippen molar-refractivity contribution in [2.45, 2.75) is 6.92 Å². The summed E-state index contributed by atoms with van der Waals surface area (Å²) in [5, 5.41) is 9.41. The van der Waals surface area contributed by atoms with Crippen molar-refractivity contribution in [1.29, 1.82) is 0 Å². The summed E-state index contributed by atoms with van der Waals surface area (Å²) in [6.45, 7) is 1.83. The third-order valence-electron chi connectivity index (χ3n) is 4.59. The van der Waals surface area contributed by atoms with Crippen molar-refractivity contribution in [3.05, 3.63) is 75.8 Å². The minimum atomic E-state index is -0.668. The van der Waals surface area contributed by atoms with Crippen molar-refractivity contribution >= 4 is 39.0 Å². The Morgan fingerprint density at radius 2 is 1.97 bits per heavy atom. The monoisotopic (exact) mass is 450 g/mol. The molecule has 1 amide bonds. The molecular formula is C22H18N4O5S. The second-order valence-corrected chi connectivity index (χ2v) is 7.41. The van der Waals surface area contributed by atoms with E-state index in [1.807, 2.05) is 0 Å². The number of nitrogens with one attached hydrogen (secondary N) is 1. The van der Waals surface area contributed by atoms with Gasteiger partial charge in [0.1, 0.15) is 10.8 Å². The lowest BCUT2D eigenvalue weighted by atomic mass is 10.2. The Morgan fingerprint density at radius 1 is 1.19 bits per heavy atom. The van der Waals surface area contributed by atoms with Gasteiger partial charge in [0, 0.05) is 34.8 Å². The van der Waals surface area contributed by atoms with Crippen LogP contribution in [0.4, 0.5) is 5.00 Å². The normalized spacial score (nSPS) is 10.7. The van der Waals surface area contributed by atoms with Gasteiger partial charge in [-0.3, -0.25) is 14.6 Å². The summed E-state index contributed by atoms with van der Waals surface area (Å²) in [7, 11) is 1.51. The highest BCUT2D eigenvalue weighted by Gasteiger charge is 2.23. The number of anilines is 1. The largest absolute Gasteiger partial charge is 0.497 e. The van der Waals surface area contributed by atoms with Gasteiger partial charge >= 0.3 is 5.97 Å². The van der Waals surface area contributed by atoms with Crippen LogP contribution in [0.3, 0.4) is 0 Å². The number of ether oxygens (including phenoxy) is 2. The van der Waals surface area contributed by atoms with Crippen LogP contribution >= 0.6 is 11.3 Å². The molecule has 0 fully saturated rings. The molecule has 32 heavy (non-hydrogen) atoms. The number of benzene rings is 1. The molecule has 0 spiro atoms. The van der Waals surface area contributed by atoms with Gasteiger partial charge in [-0.05, 0) is 31.2 Å². The highest BCUT2D eigenvalue weighted by Crippen LogP contribution is 2.31. The Hall–Kier alpha value is -4.05. The van der Waals surface area contributed by atoms with Crippen LogP contribution in [0.5, 0.6) is 5.75 Å². The molecule has 0 radical (unpaired) electrons. The van der Waals surface area contributed by atoms with Crippen molar-refractivity contribution in [2.24, 2.45) is 0 Å². The molecule has 4 rings (SSSR count). The molecule has 0 atom stereocenters. The lowest BCUT2D eigenvalue weighted by Gasteiger charge is -2.11. The predicted octanol–water partition coefficient (Wildman–Crippen LogP) is 3.28. The maximum absolute atomic E-state index is 13.4. The number of methoxy groups -OCH3 is 1. The fourth-order valence-corrected chi connectivity index (χ4v) is 4.02. The number of hydrogen-bond acceptors (Lipinski definition) is 8. The van der Waals surface area contributed by atoms with E-state index in [1.54, 1.807) is 48.7 Å². The van der Waals surface area contributed by atoms with E-state index in [-0.39, 0.29) is 17.7 Å². The summed E-state index contributed by atoms with van der Waals surface area (Å²) in [6, 6.07) is 9.84. The van der Waals surface area contributed by atoms with E-state index in [0.717, 1.165) is 16.0 Å². The zero-order valence-corrected chi connectivity index (χ0v) is 18.0. The molecule has 0 aliphatic rings. The number of aromatic nitrogens is 3. The van der Waals surface area contributed by atoms with Gasteiger partial charge in [-0.1, -0.05) is 6.07 Å². The van der Waals surface area contributed by atoms with Crippen molar-refractivity contribution < 1.29 is 19.1 Å². The minimum Gasteiger partial charge on any atom is -0.497 e. The Bertz CT molecular complexity index is 1360. The van der Waals surface area contributed by atoms with Gasteiger partial charge in [0.25, 0.3) is 11.5 Å². The van der Waals surface area contributed by atoms with Gasteiger partial charge in [-0.2, -0.15) is 9.78 Å². The highest BCUT2D eigenvalue weighted by molar-refractivity contribution is 7.16. The first-order valence-corrected chi connectivity index (χ1v) is 10.5. The number of pyridine rings is 1. The maximum Gasteiger partial charge on any atom is 0.359 e. The van der Waals surface area contributed by atoms with Crippen LogP contribution in [-0.2, 0) is 4.74 Å². The Balaban J connectivity index is 1.90. The number of nitrogens with zero attached hydrogens (tertiary/aromatic N) is 3. The molecule has 0 bridgehead atoms. The molecule has 4 aromatic rings. The van der Waals surface area contributed by atoms with E-state index in [4.69, 9.17) is 9.47 Å². The van der Waals surface area contributed by atoms with Crippen molar-refractivity contribution in [1.82, 2.24) is 14.8 Å². The number of esters is 1. The third kappa shape index (κ3) is 3.95. The number of fused-ring (bicyclic) bond motifs is 1. The first-order valence-electron chi connectivity index (χ1n) is 9.61. The molecule has 3 aromatic heterocycles. The highest BCUT2D eigenvalue weighted by atomic mass is 32.1. The summed E-state index contributed by atoms with van der Waals surface area (Å²) in [5.74, 6) is -0.553. The SMILES string of the molecule is CCOC(=O)c1nn(-c2cccc(OC)c2)c(=O)c2c(NC(=O)c3ccncc3)scc12. The number of carbonyl (C=O) groups is 2. The zero-order chi connectivity index (χ0) is 22.7. The molecule has 1 aromatic carbocycles. The number of amides is 1. The number of rotatable bonds is 6. The van der Waals surface area contributed by atoms with Crippen LogP contribution in [0.25, 0.3) is 16.5 Å². The van der Waals surface area contributed by atoms with Gasteiger partial charge in [-0.25, -0.2) is 4.79 Å². The summed E-state index contributed by atoms with van der Waals surface area (Å²) < 4.78 is 11.5. The van der Waals surface area contributed by atoms with E-state index in [2.05, 4.69) is 15.4 Å². The predicted molar refractivity (Wildman–Crippen MR) is 120 cm³/mol. The molecule has 0 aliphatic heterocycles. The van der Waals surface area contributed by atoms with E-state index in [0.29, 0.717) is 27.4 Å². The van der Waals surface area contributed by atoms with Gasteiger partial charge in [0.2, 0.25) is 0 Å². The number of hydrogen-bond donors (Lipinski definition) is 1. The lowest BCUT2D eigenvalue weighted by Crippen LogP contribution is -2.25. The van der Waals surface area contributed by atoms with Gasteiger partial charge in [0.05, 0.1) is 24.8 Å². The van der Waals surface area contributed by atoms with Crippen molar-refractivity contribution in [3.63, 3.8) is 0 Å². The van der Waals surface area contributed by atoms with Gasteiger partial charge in [-0.15, -0.1) is 11.3 Å². The summed E-state index contributed by atoms with van der Waals surface area (Å²) >= 11 is 1.13. The second-order valence-electron chi connectivity index (χ2n) is 6.53. The van der Waals surface area contributed by atoms with E-state index in [9.17, 15) is 14.4 Å². The van der Waals surface area contributed by atoms with Crippen molar-refractivity contribution in [3.8, 4) is 11.4 Å². The summed E-state index contributed by atoms with van der Waals surface area (Å²) in [5.41, 5.74) is 0.270. The molecule has 3 heterocycles. The molecule has 0 unspecified atom stereocenters. The van der Waals surface area contributed by atoms with E-state index < -0.39 is 17.4 Å². The first kappa shape index (κ1) is 21.2. The summed E-state index contributed by atoms with van der Waals surface area (Å²) in [6.07, 6.45) is 3.00. The first-order chi connectivity index (χ1) is 15.5. The smallest absolute Gasteiger partial charge is 0.359 e. The van der Waals surface area contributed by atoms with Crippen LogP contribution in [0.1, 0.15) is 27.8 Å². The second kappa shape index (κ2) is 8.98. The molecular weight excluding hydrogens is 432 g/mol. The fraction of sp³-hybridized carbons (Fsp3) is 0.136. The van der Waals surface area contributed by atoms with Gasteiger partial charge in [0.15, 0.2) is 5.69 Å². The van der Waals surface area contributed by atoms with Crippen LogP contribution < -0.4 is 15.6 Å². The molecule has 162 valence electrons. The Kier molecular flexibility index (Phi) is 5.95. The summed E-state index contributed by atoms with van der Waals surface area (Å²) in [4.78, 5) is 42.6. The average Bonchev–Trinajstić information content (AvgIpc) is 3.24. The molecule has 0 aliphatic carbocycles. The lowest BCUT2D eigenvalue weighted by molar-refractivity contribution is 0.0520. The standard InChI is InChI=1S/C22H18N4O5S/c1-3-31-22(29)18-16-12-32-20(24-19(27)13-7-9-23-10-8-13)17(16)21(28)26(25-18)14-5-4-6-15(11-14)30-2/h4-12H,3H2,1-2H3,(H,24,27). The Labute approximate surface area is 186 Å². The molecule has 9 nitrogen and oxygen atoms in total. The topological polar surface area (TPSA) is 112 Å². The quantitative estimate of drug-likeness (QED) is 0.449. The van der Waals surface area contributed by atoms with Crippen LogP contribution in [-0.4, -0.2) is 40.4 Å². The van der Waals surface area contributed by atoms with E-state index >= 15 is 0 Å². The molecule has 10 heteroatoms. The average molecular weight is 450 g/mol. The molecule has 0 saturated carbocycles. The molecule has 1 N–H and O–H groups in total. The number of carbonyl (C=O) groups excluding carboxylic acids is 2. The van der Waals surface area contributed by atoms with Gasteiger partial charge < -0.3 is 14.8 Å². The molecule has 0 saturated heterocycles. The zero-order valence-electron chi connectivity index (χ0n) is 17.2. The minimum absolute atomic E-state index is 0.0232. The number of thiophene rings is 1. The maximum atomic E-state index is 13.4. The fourth-order valence-electron chi connectivity index (χ4n) is 3.09. The van der Waals surface area contributed by atoms with Crippen LogP contribution in [0.2, 0.25) is 0 Å². The third-order valence-corrected chi connectivity index (χ3v) is 5.48. The van der Waals surface area contributed by atoms with Crippen LogP contribution in [0, 0.1) is 0 Å². The van der Waals surface area contributed by atoms with E-state index in [1.165, 1.54) is 19.5 Å². The van der Waals surface area contributed by atoms with Crippen molar-refractivity contribution in [2.75, 3.05) is 19.0 Å². The Morgan fingerprint density at radius 3 is 2.69 bits per heavy atom. The van der Waals surface area contributed by atoms with Crippen LogP contribution in [0.15, 0.2) is 59.0 Å².